The number of rotatable bonds is 5. The molecular weight excluding hydrogens is 552 g/mol. The van der Waals surface area contributed by atoms with Crippen molar-refractivity contribution in [2.75, 3.05) is 13.2 Å². The van der Waals surface area contributed by atoms with E-state index in [0.29, 0.717) is 0 Å². The molecule has 0 spiro atoms. The number of phenolic OH excluding ortho intramolecular Hbond substituents is 4. The van der Waals surface area contributed by atoms with Gasteiger partial charge in [0, 0.05) is 11.6 Å². The van der Waals surface area contributed by atoms with Gasteiger partial charge in [0.05, 0.1) is 24.3 Å². The minimum Gasteiger partial charge on any atom is -0.507 e. The first kappa shape index (κ1) is 29.0. The lowest BCUT2D eigenvalue weighted by molar-refractivity contribution is -0.232. The first-order chi connectivity index (χ1) is 19.4. The normalized spacial score (nSPS) is 32.0. The summed E-state index contributed by atoms with van der Waals surface area (Å²) in [6.45, 7) is -1.60. The topological polar surface area (TPSA) is 271 Å². The third kappa shape index (κ3) is 4.57. The molecule has 2 aliphatic heterocycles. The van der Waals surface area contributed by atoms with E-state index in [0.717, 1.165) is 18.2 Å². The SMILES string of the molecule is O=c1cc(-c2ccc(O)c(O)c2)oc2c(C3OC(CO)C(O)C3O)c(O)c(C3OC(CO)C(O)C(O)C3O)c(O)c12. The average molecular weight is 580 g/mol. The summed E-state index contributed by atoms with van der Waals surface area (Å²) in [4.78, 5) is 13.4. The van der Waals surface area contributed by atoms with Crippen molar-refractivity contribution in [3.05, 3.63) is 45.6 Å². The van der Waals surface area contributed by atoms with E-state index in [1.165, 1.54) is 6.07 Å². The molecule has 2 fully saturated rings. The van der Waals surface area contributed by atoms with Gasteiger partial charge in [-0.25, -0.2) is 0 Å². The number of hydrogen-bond donors (Lipinski definition) is 11. The van der Waals surface area contributed by atoms with Gasteiger partial charge in [-0.1, -0.05) is 0 Å². The van der Waals surface area contributed by atoms with Crippen molar-refractivity contribution < 1.29 is 70.1 Å². The average Bonchev–Trinajstić information content (AvgIpc) is 3.22. The molecule has 9 atom stereocenters. The fourth-order valence-electron chi connectivity index (χ4n) is 5.24. The van der Waals surface area contributed by atoms with E-state index in [2.05, 4.69) is 0 Å². The van der Waals surface area contributed by atoms with Crippen molar-refractivity contribution in [2.24, 2.45) is 0 Å². The third-order valence-electron chi connectivity index (χ3n) is 7.46. The lowest BCUT2D eigenvalue weighted by Crippen LogP contribution is -2.55. The highest BCUT2D eigenvalue weighted by Crippen LogP contribution is 2.51. The highest BCUT2D eigenvalue weighted by Gasteiger charge is 2.50. The van der Waals surface area contributed by atoms with Gasteiger partial charge in [-0.3, -0.25) is 4.79 Å². The molecule has 11 N–H and O–H groups in total. The van der Waals surface area contributed by atoms with E-state index in [4.69, 9.17) is 13.9 Å². The minimum absolute atomic E-state index is 0.0726. The van der Waals surface area contributed by atoms with Crippen LogP contribution in [-0.2, 0) is 9.47 Å². The van der Waals surface area contributed by atoms with Crippen LogP contribution in [0.4, 0.5) is 0 Å². The summed E-state index contributed by atoms with van der Waals surface area (Å²) in [5, 5.41) is 113. The van der Waals surface area contributed by atoms with E-state index in [1.54, 1.807) is 0 Å². The van der Waals surface area contributed by atoms with Gasteiger partial charge in [0.15, 0.2) is 22.5 Å². The van der Waals surface area contributed by atoms with Gasteiger partial charge >= 0.3 is 0 Å². The molecule has 0 radical (unpaired) electrons. The summed E-state index contributed by atoms with van der Waals surface area (Å²) in [6, 6.07) is 4.36. The minimum atomic E-state index is -2.01. The third-order valence-corrected chi connectivity index (χ3v) is 7.46. The highest BCUT2D eigenvalue weighted by atomic mass is 16.6. The molecule has 15 heteroatoms. The maximum atomic E-state index is 13.4. The summed E-state index contributed by atoms with van der Waals surface area (Å²) in [5.74, 6) is -3.21. The molecular formula is C26H28O15. The van der Waals surface area contributed by atoms with Crippen molar-refractivity contribution in [3.8, 4) is 34.3 Å². The summed E-state index contributed by atoms with van der Waals surface area (Å²) in [5.41, 5.74) is -2.63. The Morgan fingerprint density at radius 2 is 1.22 bits per heavy atom. The second-order valence-corrected chi connectivity index (χ2v) is 9.92. The number of hydrogen-bond acceptors (Lipinski definition) is 15. The van der Waals surface area contributed by atoms with Crippen LogP contribution >= 0.6 is 0 Å². The van der Waals surface area contributed by atoms with Crippen LogP contribution in [0.1, 0.15) is 23.3 Å². The number of fused-ring (bicyclic) bond motifs is 1. The van der Waals surface area contributed by atoms with Crippen molar-refractivity contribution in [1.29, 1.82) is 0 Å². The van der Waals surface area contributed by atoms with Crippen LogP contribution in [0.3, 0.4) is 0 Å². The lowest BCUT2D eigenvalue weighted by atomic mass is 9.87. The molecule has 0 aliphatic carbocycles. The van der Waals surface area contributed by atoms with Crippen LogP contribution in [0.2, 0.25) is 0 Å². The second kappa shape index (κ2) is 10.7. The quantitative estimate of drug-likeness (QED) is 0.145. The molecule has 2 aliphatic rings. The smallest absolute Gasteiger partial charge is 0.197 e. The van der Waals surface area contributed by atoms with E-state index < -0.39 is 119 Å². The molecule has 0 bridgehead atoms. The van der Waals surface area contributed by atoms with Crippen LogP contribution < -0.4 is 5.43 Å². The molecule has 2 saturated heterocycles. The Morgan fingerprint density at radius 1 is 0.659 bits per heavy atom. The number of phenols is 4. The predicted molar refractivity (Wildman–Crippen MR) is 134 cm³/mol. The van der Waals surface area contributed by atoms with Gasteiger partial charge in [0.1, 0.15) is 77.6 Å². The lowest BCUT2D eigenvalue weighted by Gasteiger charge is -2.40. The van der Waals surface area contributed by atoms with E-state index in [-0.39, 0.29) is 11.3 Å². The first-order valence-electron chi connectivity index (χ1n) is 12.4. The monoisotopic (exact) mass is 580 g/mol. The second-order valence-electron chi connectivity index (χ2n) is 9.92. The fraction of sp³-hybridized carbons (Fsp3) is 0.423. The van der Waals surface area contributed by atoms with Crippen molar-refractivity contribution >= 4 is 11.0 Å². The number of aliphatic hydroxyl groups is 7. The zero-order valence-corrected chi connectivity index (χ0v) is 21.0. The molecule has 15 nitrogen and oxygen atoms in total. The maximum absolute atomic E-state index is 13.4. The maximum Gasteiger partial charge on any atom is 0.197 e. The van der Waals surface area contributed by atoms with Crippen LogP contribution in [0.25, 0.3) is 22.3 Å². The zero-order chi connectivity index (χ0) is 29.9. The predicted octanol–water partition coefficient (Wildman–Crippen LogP) is -2.05. The summed E-state index contributed by atoms with van der Waals surface area (Å²) >= 11 is 0. The largest absolute Gasteiger partial charge is 0.507 e. The van der Waals surface area contributed by atoms with Crippen LogP contribution in [-0.4, -0.2) is 112 Å². The van der Waals surface area contributed by atoms with E-state index >= 15 is 0 Å². The molecule has 2 aromatic carbocycles. The van der Waals surface area contributed by atoms with Gasteiger partial charge in [0.2, 0.25) is 0 Å². The van der Waals surface area contributed by atoms with Crippen LogP contribution in [0.15, 0.2) is 33.5 Å². The molecule has 1 aromatic heterocycles. The van der Waals surface area contributed by atoms with Gasteiger partial charge < -0.3 is 70.1 Å². The Labute approximate surface area is 229 Å². The molecule has 222 valence electrons. The van der Waals surface area contributed by atoms with Crippen molar-refractivity contribution in [3.63, 3.8) is 0 Å². The first-order valence-corrected chi connectivity index (χ1v) is 12.4. The van der Waals surface area contributed by atoms with Gasteiger partial charge in [-0.15, -0.1) is 0 Å². The molecule has 5 rings (SSSR count). The fourth-order valence-corrected chi connectivity index (χ4v) is 5.24. The molecule has 3 aromatic rings. The molecule has 3 heterocycles. The summed E-state index contributed by atoms with van der Waals surface area (Å²) < 4.78 is 16.9. The Morgan fingerprint density at radius 3 is 1.78 bits per heavy atom. The van der Waals surface area contributed by atoms with Crippen molar-refractivity contribution in [1.82, 2.24) is 0 Å². The Bertz CT molecular complexity index is 1520. The van der Waals surface area contributed by atoms with Crippen LogP contribution in [0.5, 0.6) is 23.0 Å². The number of aliphatic hydroxyl groups excluding tert-OH is 7. The standard InChI is InChI=1S/C26H28O15/c27-5-12-17(32)21(36)23(38)25(40-12)15-19(34)14-10(31)4-11(7-1-2-8(29)9(30)3-7)39-24(14)16(20(15)35)26-22(37)18(33)13(6-28)41-26/h1-4,12-13,17-18,21-23,25-30,32-38H,5-6H2. The highest BCUT2D eigenvalue weighted by molar-refractivity contribution is 5.92. The Balaban J connectivity index is 1.81. The van der Waals surface area contributed by atoms with Crippen LogP contribution in [0, 0.1) is 0 Å². The molecule has 9 unspecified atom stereocenters. The van der Waals surface area contributed by atoms with Gasteiger partial charge in [0.25, 0.3) is 0 Å². The number of aromatic hydroxyl groups is 4. The summed E-state index contributed by atoms with van der Waals surface area (Å²) in [6.07, 6.45) is -15.6. The van der Waals surface area contributed by atoms with E-state index in [9.17, 15) is 61.0 Å². The number of ether oxygens (including phenoxy) is 2. The van der Waals surface area contributed by atoms with E-state index in [1.807, 2.05) is 0 Å². The number of benzene rings is 2. The Kier molecular flexibility index (Phi) is 7.58. The van der Waals surface area contributed by atoms with Gasteiger partial charge in [-0.2, -0.15) is 0 Å². The molecule has 0 amide bonds. The van der Waals surface area contributed by atoms with Gasteiger partial charge in [-0.05, 0) is 18.2 Å². The zero-order valence-electron chi connectivity index (χ0n) is 21.0. The molecule has 41 heavy (non-hydrogen) atoms. The van der Waals surface area contributed by atoms with Crippen molar-refractivity contribution in [2.45, 2.75) is 54.9 Å². The summed E-state index contributed by atoms with van der Waals surface area (Å²) in [7, 11) is 0. The Hall–Kier alpha value is -3.51. The molecule has 0 saturated carbocycles.